The monoisotopic (exact) mass is 252 g/mol. The van der Waals surface area contributed by atoms with Crippen molar-refractivity contribution in [3.8, 4) is 21.7 Å². The zero-order valence-corrected chi connectivity index (χ0v) is 10.1. The first-order chi connectivity index (χ1) is 8.93. The highest BCUT2D eigenvalue weighted by atomic mass is 32.1. The van der Waals surface area contributed by atoms with Crippen molar-refractivity contribution in [1.29, 1.82) is 0 Å². The quantitative estimate of drug-likeness (QED) is 0.521. The average Bonchev–Trinajstić information content (AvgIpc) is 2.84. The van der Waals surface area contributed by atoms with Gasteiger partial charge in [0.1, 0.15) is 11.6 Å². The first-order valence-corrected chi connectivity index (χ1v) is 6.43. The van der Waals surface area contributed by atoms with E-state index in [1.165, 1.54) is 0 Å². The van der Waals surface area contributed by atoms with Crippen molar-refractivity contribution < 1.29 is 0 Å². The predicted octanol–water partition coefficient (Wildman–Crippen LogP) is 3.32. The average molecular weight is 252 g/mol. The van der Waals surface area contributed by atoms with Crippen LogP contribution in [0.4, 0.5) is 11.6 Å². The highest BCUT2D eigenvalue weighted by molar-refractivity contribution is 7.13. The first-order valence-electron chi connectivity index (χ1n) is 5.55. The van der Waals surface area contributed by atoms with Crippen molar-refractivity contribution >= 4 is 23.0 Å². The predicted molar refractivity (Wildman–Crippen MR) is 71.9 cm³/mol. The van der Waals surface area contributed by atoms with Crippen LogP contribution in [0, 0.1) is 0 Å². The van der Waals surface area contributed by atoms with Crippen molar-refractivity contribution in [3.05, 3.63) is 42.2 Å². The number of pyridine rings is 2. The van der Waals surface area contributed by atoms with Crippen molar-refractivity contribution in [2.45, 2.75) is 0 Å². The lowest BCUT2D eigenvalue weighted by molar-refractivity contribution is 1.26. The minimum absolute atomic E-state index is 0.808. The van der Waals surface area contributed by atoms with E-state index in [0.717, 1.165) is 33.3 Å². The summed E-state index contributed by atoms with van der Waals surface area (Å²) < 4.78 is 0. The summed E-state index contributed by atoms with van der Waals surface area (Å²) in [4.78, 5) is 14.4. The molecule has 0 aromatic carbocycles. The lowest BCUT2D eigenvalue weighted by Crippen LogP contribution is -1.96. The maximum absolute atomic E-state index is 4.47. The minimum atomic E-state index is 0.808. The number of nitrogens with zero attached hydrogens (tertiary/aromatic N) is 3. The Kier molecular flexibility index (Phi) is 1.95. The molecule has 1 N–H and O–H groups in total. The molecule has 0 bridgehead atoms. The number of rotatable bonds is 0. The van der Waals surface area contributed by atoms with E-state index >= 15 is 0 Å². The van der Waals surface area contributed by atoms with Gasteiger partial charge in [0, 0.05) is 23.5 Å². The minimum Gasteiger partial charge on any atom is -0.324 e. The third-order valence-corrected chi connectivity index (χ3v) is 3.78. The number of anilines is 2. The molecule has 4 heterocycles. The molecule has 4 nitrogen and oxygen atoms in total. The van der Waals surface area contributed by atoms with Crippen molar-refractivity contribution in [3.63, 3.8) is 0 Å². The van der Waals surface area contributed by atoms with Crippen LogP contribution in [0.1, 0.15) is 0 Å². The molecule has 1 aliphatic rings. The SMILES string of the molecule is c1cnc2c(c1)-c1ncsc1-c1cccnc1N2. The van der Waals surface area contributed by atoms with Crippen molar-refractivity contribution in [1.82, 2.24) is 15.0 Å². The molecule has 0 radical (unpaired) electrons. The molecule has 1 aliphatic heterocycles. The maximum Gasteiger partial charge on any atom is 0.141 e. The van der Waals surface area contributed by atoms with Crippen LogP contribution < -0.4 is 5.32 Å². The van der Waals surface area contributed by atoms with Gasteiger partial charge in [0.15, 0.2) is 0 Å². The molecule has 0 unspecified atom stereocenters. The van der Waals surface area contributed by atoms with Crippen LogP contribution >= 0.6 is 11.3 Å². The molecule has 3 aromatic heterocycles. The molecule has 0 amide bonds. The molecule has 0 saturated heterocycles. The molecule has 0 spiro atoms. The summed E-state index contributed by atoms with van der Waals surface area (Å²) in [5.74, 6) is 1.64. The summed E-state index contributed by atoms with van der Waals surface area (Å²) in [7, 11) is 0. The number of fused-ring (bicyclic) bond motifs is 5. The Balaban J connectivity index is 2.12. The molecule has 86 valence electrons. The molecule has 5 heteroatoms. The van der Waals surface area contributed by atoms with Crippen LogP contribution in [-0.4, -0.2) is 15.0 Å². The number of thiazole rings is 1. The highest BCUT2D eigenvalue weighted by Gasteiger charge is 2.22. The second-order valence-electron chi connectivity index (χ2n) is 3.95. The molecule has 0 fully saturated rings. The fourth-order valence-electron chi connectivity index (χ4n) is 2.13. The van der Waals surface area contributed by atoms with Gasteiger partial charge in [-0.15, -0.1) is 11.3 Å². The normalized spacial score (nSPS) is 11.8. The maximum atomic E-state index is 4.47. The Morgan fingerprint density at radius 2 is 1.61 bits per heavy atom. The largest absolute Gasteiger partial charge is 0.324 e. The molecule has 18 heavy (non-hydrogen) atoms. The first kappa shape index (κ1) is 9.73. The van der Waals surface area contributed by atoms with E-state index in [2.05, 4.69) is 26.3 Å². The van der Waals surface area contributed by atoms with Crippen LogP contribution in [0.15, 0.2) is 42.2 Å². The Morgan fingerprint density at radius 1 is 0.889 bits per heavy atom. The lowest BCUT2D eigenvalue weighted by atomic mass is 10.1. The molecule has 0 aliphatic carbocycles. The van der Waals surface area contributed by atoms with Gasteiger partial charge in [-0.2, -0.15) is 0 Å². The lowest BCUT2D eigenvalue weighted by Gasteiger charge is -2.06. The van der Waals surface area contributed by atoms with Crippen LogP contribution in [0.3, 0.4) is 0 Å². The number of aromatic nitrogens is 3. The highest BCUT2D eigenvalue weighted by Crippen LogP contribution is 2.43. The smallest absolute Gasteiger partial charge is 0.141 e. The fourth-order valence-corrected chi connectivity index (χ4v) is 2.95. The van der Waals surface area contributed by atoms with E-state index < -0.39 is 0 Å². The van der Waals surface area contributed by atoms with Gasteiger partial charge < -0.3 is 5.32 Å². The van der Waals surface area contributed by atoms with Gasteiger partial charge in [0.2, 0.25) is 0 Å². The molecule has 3 aromatic rings. The molecule has 0 atom stereocenters. The second kappa shape index (κ2) is 3.61. The topological polar surface area (TPSA) is 50.7 Å². The molecular formula is C13H8N4S. The van der Waals surface area contributed by atoms with E-state index in [0.29, 0.717) is 0 Å². The van der Waals surface area contributed by atoms with Gasteiger partial charge in [-0.3, -0.25) is 0 Å². The van der Waals surface area contributed by atoms with Crippen LogP contribution in [-0.2, 0) is 0 Å². The third-order valence-electron chi connectivity index (χ3n) is 2.92. The van der Waals surface area contributed by atoms with E-state index in [4.69, 9.17) is 0 Å². The van der Waals surface area contributed by atoms with Crippen LogP contribution in [0.25, 0.3) is 21.7 Å². The van der Waals surface area contributed by atoms with Crippen molar-refractivity contribution in [2.75, 3.05) is 5.32 Å². The second-order valence-corrected chi connectivity index (χ2v) is 4.81. The fraction of sp³-hybridized carbons (Fsp3) is 0. The van der Waals surface area contributed by atoms with E-state index in [1.54, 1.807) is 23.7 Å². The Bertz CT molecular complexity index is 675. The summed E-state index contributed by atoms with van der Waals surface area (Å²) >= 11 is 1.63. The Morgan fingerprint density at radius 3 is 2.44 bits per heavy atom. The summed E-state index contributed by atoms with van der Waals surface area (Å²) in [5.41, 5.74) is 4.94. The van der Waals surface area contributed by atoms with Gasteiger partial charge in [-0.1, -0.05) is 0 Å². The third kappa shape index (κ3) is 1.28. The standard InChI is InChI=1S/C13H8N4S/c1-3-8-10-11(18-7-16-10)9-4-2-6-15-13(9)17-12(8)14-5-1/h1-7H,(H,14,15,17). The molecular weight excluding hydrogens is 244 g/mol. The van der Waals surface area contributed by atoms with Gasteiger partial charge in [-0.25, -0.2) is 15.0 Å². The van der Waals surface area contributed by atoms with E-state index in [9.17, 15) is 0 Å². The van der Waals surface area contributed by atoms with Gasteiger partial charge >= 0.3 is 0 Å². The number of nitrogens with one attached hydrogen (secondary N) is 1. The van der Waals surface area contributed by atoms with Gasteiger partial charge in [0.05, 0.1) is 16.1 Å². The summed E-state index contributed by atoms with van der Waals surface area (Å²) in [6.45, 7) is 0. The van der Waals surface area contributed by atoms with E-state index in [1.807, 2.05) is 23.7 Å². The zero-order chi connectivity index (χ0) is 11.9. The van der Waals surface area contributed by atoms with E-state index in [-0.39, 0.29) is 0 Å². The Hall–Kier alpha value is -2.27. The summed E-state index contributed by atoms with van der Waals surface area (Å²) in [5, 5.41) is 3.28. The number of hydrogen-bond acceptors (Lipinski definition) is 5. The molecule has 0 saturated carbocycles. The Labute approximate surface area is 107 Å². The van der Waals surface area contributed by atoms with Crippen molar-refractivity contribution in [2.24, 2.45) is 0 Å². The summed E-state index contributed by atoms with van der Waals surface area (Å²) in [6.07, 6.45) is 3.55. The van der Waals surface area contributed by atoms with Gasteiger partial charge in [-0.05, 0) is 24.3 Å². The zero-order valence-electron chi connectivity index (χ0n) is 9.29. The van der Waals surface area contributed by atoms with Crippen LogP contribution in [0.5, 0.6) is 0 Å². The summed E-state index contributed by atoms with van der Waals surface area (Å²) in [6, 6.07) is 7.94. The molecule has 4 rings (SSSR count). The van der Waals surface area contributed by atoms with Gasteiger partial charge in [0.25, 0.3) is 0 Å². The van der Waals surface area contributed by atoms with Crippen LogP contribution in [0.2, 0.25) is 0 Å². The number of hydrogen-bond donors (Lipinski definition) is 1.